The summed E-state index contributed by atoms with van der Waals surface area (Å²) in [7, 11) is 0. The predicted molar refractivity (Wildman–Crippen MR) is 177 cm³/mol. The van der Waals surface area contributed by atoms with E-state index >= 15 is 0 Å². The summed E-state index contributed by atoms with van der Waals surface area (Å²) in [6, 6.07) is 10.1. The molecule has 2 aliphatic rings. The molecule has 0 atom stereocenters. The van der Waals surface area contributed by atoms with Crippen molar-refractivity contribution in [1.29, 1.82) is 0 Å². The Labute approximate surface area is 264 Å². The van der Waals surface area contributed by atoms with Crippen molar-refractivity contribution in [3.8, 4) is 21.8 Å². The van der Waals surface area contributed by atoms with Gasteiger partial charge in [0.05, 0.1) is 48.4 Å². The number of thiophene rings is 1. The third kappa shape index (κ3) is 4.88. The van der Waals surface area contributed by atoms with Gasteiger partial charge >= 0.3 is 12.1 Å². The van der Waals surface area contributed by atoms with E-state index in [1.807, 2.05) is 46.8 Å². The zero-order valence-electron chi connectivity index (χ0n) is 25.7. The number of hydrogen-bond donors (Lipinski definition) is 1. The van der Waals surface area contributed by atoms with E-state index in [0.717, 1.165) is 85.0 Å². The molecule has 1 aromatic carbocycles. The lowest BCUT2D eigenvalue weighted by Crippen LogP contribution is -2.38. The van der Waals surface area contributed by atoms with Crippen molar-refractivity contribution in [2.75, 3.05) is 11.4 Å². The highest BCUT2D eigenvalue weighted by Crippen LogP contribution is 2.51. The minimum absolute atomic E-state index is 0.331. The van der Waals surface area contributed by atoms with Gasteiger partial charge in [-0.05, 0) is 89.3 Å². The Kier molecular flexibility index (Phi) is 7.05. The van der Waals surface area contributed by atoms with Crippen molar-refractivity contribution in [3.05, 3.63) is 51.5 Å². The minimum atomic E-state index is -0.904. The predicted octanol–water partition coefficient (Wildman–Crippen LogP) is 9.16. The number of anilines is 1. The summed E-state index contributed by atoms with van der Waals surface area (Å²) in [4.78, 5) is 38.8. The zero-order chi connectivity index (χ0) is 30.9. The lowest BCUT2D eigenvalue weighted by Gasteiger charge is -2.28. The van der Waals surface area contributed by atoms with Crippen LogP contribution < -0.4 is 4.90 Å². The monoisotopic (exact) mass is 628 g/mol. The second kappa shape index (κ2) is 10.7. The number of aryl methyl sites for hydroxylation is 2. The summed E-state index contributed by atoms with van der Waals surface area (Å²) in [5.41, 5.74) is 6.97. The van der Waals surface area contributed by atoms with Crippen molar-refractivity contribution < 1.29 is 19.4 Å². The highest BCUT2D eigenvalue weighted by molar-refractivity contribution is 7.21. The molecule has 1 fully saturated rings. The molecule has 5 aromatic rings. The van der Waals surface area contributed by atoms with Gasteiger partial charge in [-0.15, -0.1) is 22.7 Å². The maximum Gasteiger partial charge on any atom is 0.414 e. The molecule has 10 heteroatoms. The molecule has 1 N–H and O–H groups in total. The van der Waals surface area contributed by atoms with Crippen LogP contribution in [0.25, 0.3) is 42.9 Å². The van der Waals surface area contributed by atoms with Gasteiger partial charge < -0.3 is 14.4 Å². The Morgan fingerprint density at radius 3 is 2.45 bits per heavy atom. The standard InChI is InChI=1S/C34H36N4O4S2/c1-18-30(43-19(2)35-18)24-14-11-21-23(36-24)13-12-22-28(21)38(33(41)42-34(3,4)5)16-15-37-25-17-26(32(39)40)44-31(25)27(29(22)37)20-9-7-6-8-10-20/h11-14,17,20H,6-10,15-16H2,1-5H3,(H,39,40). The van der Waals surface area contributed by atoms with Crippen molar-refractivity contribution in [1.82, 2.24) is 14.5 Å². The summed E-state index contributed by atoms with van der Waals surface area (Å²) in [5, 5.41) is 11.8. The highest BCUT2D eigenvalue weighted by atomic mass is 32.1. The first-order chi connectivity index (χ1) is 21.0. The third-order valence-corrected chi connectivity index (χ3v) is 10.9. The van der Waals surface area contributed by atoms with Crippen LogP contribution in [0.15, 0.2) is 30.3 Å². The number of fused-ring (bicyclic) bond motifs is 7. The second-order valence-corrected chi connectivity index (χ2v) is 15.1. The van der Waals surface area contributed by atoms with Crippen LogP contribution in [0.1, 0.15) is 84.7 Å². The molecule has 8 nitrogen and oxygen atoms in total. The summed E-state index contributed by atoms with van der Waals surface area (Å²) in [6.07, 6.45) is 5.29. The van der Waals surface area contributed by atoms with Gasteiger partial charge in [0, 0.05) is 24.0 Å². The quantitative estimate of drug-likeness (QED) is 0.214. The molecular formula is C34H36N4O4S2. The van der Waals surface area contributed by atoms with Crippen molar-refractivity contribution in [2.45, 2.75) is 84.8 Å². The smallest absolute Gasteiger partial charge is 0.414 e. The van der Waals surface area contributed by atoms with Crippen molar-refractivity contribution in [3.63, 3.8) is 0 Å². The van der Waals surface area contributed by atoms with Crippen molar-refractivity contribution in [2.24, 2.45) is 0 Å². The van der Waals surface area contributed by atoms with Crippen LogP contribution in [-0.4, -0.2) is 43.8 Å². The van der Waals surface area contributed by atoms with E-state index in [-0.39, 0.29) is 0 Å². The second-order valence-electron chi connectivity index (χ2n) is 12.9. The molecular weight excluding hydrogens is 593 g/mol. The lowest BCUT2D eigenvalue weighted by molar-refractivity contribution is 0.0579. The number of thiazole rings is 1. The van der Waals surface area contributed by atoms with Crippen LogP contribution >= 0.6 is 22.7 Å². The van der Waals surface area contributed by atoms with Crippen LogP contribution in [-0.2, 0) is 11.3 Å². The molecule has 1 saturated carbocycles. The van der Waals surface area contributed by atoms with E-state index in [2.05, 4.69) is 27.8 Å². The average molecular weight is 629 g/mol. The first-order valence-corrected chi connectivity index (χ1v) is 16.9. The Morgan fingerprint density at radius 2 is 1.77 bits per heavy atom. The molecule has 0 radical (unpaired) electrons. The SMILES string of the molecule is Cc1nc(C)c(-c2ccc3c4c(ccc3n2)-c2c(C3CCCCC3)c3sc(C(=O)O)cc3n2CCN4C(=O)OC(C)(C)C)s1. The van der Waals surface area contributed by atoms with Gasteiger partial charge in [0.15, 0.2) is 0 Å². The number of hydrogen-bond acceptors (Lipinski definition) is 7. The van der Waals surface area contributed by atoms with E-state index in [4.69, 9.17) is 9.72 Å². The Balaban J connectivity index is 1.50. The summed E-state index contributed by atoms with van der Waals surface area (Å²) < 4.78 is 9.28. The highest BCUT2D eigenvalue weighted by Gasteiger charge is 2.35. The number of rotatable bonds is 3. The third-order valence-electron chi connectivity index (χ3n) is 8.66. The van der Waals surface area contributed by atoms with Crippen LogP contribution in [0.3, 0.4) is 0 Å². The summed E-state index contributed by atoms with van der Waals surface area (Å²) in [6.45, 7) is 10.6. The number of nitrogens with zero attached hydrogens (tertiary/aromatic N) is 4. The van der Waals surface area contributed by atoms with Gasteiger partial charge in [0.2, 0.25) is 0 Å². The molecule has 4 aromatic heterocycles. The molecule has 1 aliphatic carbocycles. The van der Waals surface area contributed by atoms with Gasteiger partial charge in [0.25, 0.3) is 0 Å². The number of pyridine rings is 1. The normalized spacial score (nSPS) is 15.8. The van der Waals surface area contributed by atoms with Gasteiger partial charge in [-0.1, -0.05) is 19.3 Å². The van der Waals surface area contributed by atoms with Crippen LogP contribution in [0.4, 0.5) is 10.5 Å². The first-order valence-electron chi connectivity index (χ1n) is 15.3. The number of carbonyl (C=O) groups is 2. The number of carbonyl (C=O) groups excluding carboxylic acids is 1. The largest absolute Gasteiger partial charge is 0.477 e. The number of aromatic carboxylic acids is 1. The zero-order valence-corrected chi connectivity index (χ0v) is 27.3. The fourth-order valence-electron chi connectivity index (χ4n) is 6.92. The number of benzene rings is 1. The van der Waals surface area contributed by atoms with E-state index in [1.54, 1.807) is 16.2 Å². The molecule has 0 spiro atoms. The molecule has 0 unspecified atom stereocenters. The molecule has 0 bridgehead atoms. The first kappa shape index (κ1) is 29.0. The summed E-state index contributed by atoms with van der Waals surface area (Å²) >= 11 is 3.01. The number of amides is 1. The Hall–Kier alpha value is -3.76. The van der Waals surface area contributed by atoms with Gasteiger partial charge in [0.1, 0.15) is 10.5 Å². The van der Waals surface area contributed by atoms with Gasteiger partial charge in [-0.3, -0.25) is 4.90 Å². The molecule has 5 heterocycles. The average Bonchev–Trinajstić information content (AvgIpc) is 3.60. The van der Waals surface area contributed by atoms with Crippen LogP contribution in [0.5, 0.6) is 0 Å². The van der Waals surface area contributed by atoms with Crippen LogP contribution in [0.2, 0.25) is 0 Å². The molecule has 0 saturated heterocycles. The molecule has 228 valence electrons. The number of carboxylic acids is 1. The lowest BCUT2D eigenvalue weighted by atomic mass is 9.82. The number of aromatic nitrogens is 3. The van der Waals surface area contributed by atoms with E-state index in [9.17, 15) is 14.7 Å². The van der Waals surface area contributed by atoms with Gasteiger partial charge in [-0.2, -0.15) is 0 Å². The molecule has 1 amide bonds. The number of ether oxygens (including phenoxy) is 1. The minimum Gasteiger partial charge on any atom is -0.477 e. The molecule has 7 rings (SSSR count). The Bertz CT molecular complexity index is 1960. The van der Waals surface area contributed by atoms with Crippen LogP contribution in [0, 0.1) is 13.8 Å². The van der Waals surface area contributed by atoms with E-state index in [1.165, 1.54) is 23.3 Å². The van der Waals surface area contributed by atoms with E-state index < -0.39 is 17.7 Å². The number of carboxylic acid groups (broad SMARTS) is 1. The van der Waals surface area contributed by atoms with Crippen molar-refractivity contribution >= 4 is 61.5 Å². The fraction of sp³-hybridized carbons (Fsp3) is 0.412. The molecule has 44 heavy (non-hydrogen) atoms. The van der Waals surface area contributed by atoms with Gasteiger partial charge in [-0.25, -0.2) is 19.6 Å². The topological polar surface area (TPSA) is 97.5 Å². The Morgan fingerprint density at radius 1 is 1.00 bits per heavy atom. The molecule has 1 aliphatic heterocycles. The summed E-state index contributed by atoms with van der Waals surface area (Å²) in [5.74, 6) is -0.573. The maximum absolute atomic E-state index is 13.9. The maximum atomic E-state index is 13.9. The fourth-order valence-corrected chi connectivity index (χ4v) is 8.94. The van der Waals surface area contributed by atoms with E-state index in [0.29, 0.717) is 23.9 Å².